The smallest absolute Gasteiger partial charge is 0.231 e. The van der Waals surface area contributed by atoms with Crippen molar-refractivity contribution in [2.24, 2.45) is 0 Å². The lowest BCUT2D eigenvalue weighted by molar-refractivity contribution is -0.130. The number of nitrogens with zero attached hydrogens (tertiary/aromatic N) is 3. The van der Waals surface area contributed by atoms with E-state index in [9.17, 15) is 4.79 Å². The number of carbonyl (C=O) groups is 1. The van der Waals surface area contributed by atoms with Crippen molar-refractivity contribution in [2.45, 2.75) is 25.7 Å². The molecule has 1 amide bonds. The van der Waals surface area contributed by atoms with Crippen molar-refractivity contribution >= 4 is 17.2 Å². The first-order chi connectivity index (χ1) is 9.24. The molecule has 1 aliphatic heterocycles. The molecule has 0 bridgehead atoms. The van der Waals surface area contributed by atoms with E-state index in [1.807, 2.05) is 21.7 Å². The van der Waals surface area contributed by atoms with Gasteiger partial charge in [-0.2, -0.15) is 16.3 Å². The van der Waals surface area contributed by atoms with Crippen molar-refractivity contribution < 1.29 is 9.32 Å². The first-order valence-electron chi connectivity index (χ1n) is 6.35. The molecule has 100 valence electrons. The lowest BCUT2D eigenvalue weighted by atomic mass is 9.98. The van der Waals surface area contributed by atoms with Crippen LogP contribution in [0.4, 0.5) is 0 Å². The van der Waals surface area contributed by atoms with Crippen LogP contribution >= 0.6 is 11.3 Å². The third kappa shape index (κ3) is 2.53. The van der Waals surface area contributed by atoms with Crippen LogP contribution in [-0.2, 0) is 4.79 Å². The average molecular weight is 277 g/mol. The van der Waals surface area contributed by atoms with Crippen LogP contribution in [0.25, 0.3) is 11.4 Å². The van der Waals surface area contributed by atoms with Crippen LogP contribution in [-0.4, -0.2) is 34.0 Å². The first-order valence-corrected chi connectivity index (χ1v) is 7.30. The Hall–Kier alpha value is -1.69. The molecule has 1 saturated heterocycles. The maximum atomic E-state index is 11.4. The predicted molar refractivity (Wildman–Crippen MR) is 71.8 cm³/mol. The molecule has 0 aromatic carbocycles. The molecule has 1 aliphatic rings. The van der Waals surface area contributed by atoms with Crippen LogP contribution in [0.3, 0.4) is 0 Å². The third-order valence-corrected chi connectivity index (χ3v) is 4.12. The second-order valence-electron chi connectivity index (χ2n) is 4.77. The Balaban J connectivity index is 1.77. The molecule has 0 saturated carbocycles. The molecule has 2 aromatic heterocycles. The highest BCUT2D eigenvalue weighted by Gasteiger charge is 2.27. The van der Waals surface area contributed by atoms with E-state index in [0.717, 1.165) is 24.9 Å². The molecule has 0 spiro atoms. The number of amides is 1. The van der Waals surface area contributed by atoms with Crippen LogP contribution in [0.15, 0.2) is 21.3 Å². The van der Waals surface area contributed by atoms with E-state index in [2.05, 4.69) is 10.1 Å². The van der Waals surface area contributed by atoms with E-state index in [1.54, 1.807) is 18.3 Å². The summed E-state index contributed by atoms with van der Waals surface area (Å²) in [5.41, 5.74) is 0.985. The van der Waals surface area contributed by atoms with E-state index >= 15 is 0 Å². The average Bonchev–Trinajstić information content (AvgIpc) is 3.09. The van der Waals surface area contributed by atoms with E-state index < -0.39 is 0 Å². The zero-order valence-electron chi connectivity index (χ0n) is 10.7. The largest absolute Gasteiger partial charge is 0.342 e. The number of hydrogen-bond donors (Lipinski definition) is 0. The van der Waals surface area contributed by atoms with Gasteiger partial charge in [0.05, 0.1) is 5.92 Å². The maximum absolute atomic E-state index is 11.4. The molecule has 0 unspecified atom stereocenters. The van der Waals surface area contributed by atoms with Crippen molar-refractivity contribution in [2.75, 3.05) is 13.1 Å². The van der Waals surface area contributed by atoms with Gasteiger partial charge in [-0.3, -0.25) is 4.79 Å². The molecule has 5 nitrogen and oxygen atoms in total. The highest BCUT2D eigenvalue weighted by Crippen LogP contribution is 2.28. The Bertz CT molecular complexity index is 564. The van der Waals surface area contributed by atoms with Gasteiger partial charge >= 0.3 is 0 Å². The summed E-state index contributed by atoms with van der Waals surface area (Å²) < 4.78 is 5.36. The van der Waals surface area contributed by atoms with Crippen LogP contribution in [0.5, 0.6) is 0 Å². The fourth-order valence-electron chi connectivity index (χ4n) is 2.37. The van der Waals surface area contributed by atoms with Crippen LogP contribution in [0.2, 0.25) is 0 Å². The molecule has 0 N–H and O–H groups in total. The Kier molecular flexibility index (Phi) is 3.33. The lowest BCUT2D eigenvalue weighted by Gasteiger charge is -2.29. The van der Waals surface area contributed by atoms with Gasteiger partial charge in [0.15, 0.2) is 0 Å². The number of piperidine rings is 1. The molecule has 3 heterocycles. The Labute approximate surface area is 115 Å². The molecule has 19 heavy (non-hydrogen) atoms. The van der Waals surface area contributed by atoms with Gasteiger partial charge < -0.3 is 9.42 Å². The lowest BCUT2D eigenvalue weighted by Crippen LogP contribution is -2.37. The maximum Gasteiger partial charge on any atom is 0.231 e. The molecule has 0 radical (unpaired) electrons. The zero-order chi connectivity index (χ0) is 13.2. The van der Waals surface area contributed by atoms with Gasteiger partial charge in [0.25, 0.3) is 0 Å². The summed E-state index contributed by atoms with van der Waals surface area (Å²) in [5.74, 6) is 1.56. The summed E-state index contributed by atoms with van der Waals surface area (Å²) in [6.07, 6.45) is 1.98. The Morgan fingerprint density at radius 2 is 2.47 bits per heavy atom. The summed E-state index contributed by atoms with van der Waals surface area (Å²) >= 11 is 1.61. The number of rotatable bonds is 2. The third-order valence-electron chi connectivity index (χ3n) is 3.44. The second kappa shape index (κ2) is 5.13. The molecule has 6 heteroatoms. The summed E-state index contributed by atoms with van der Waals surface area (Å²) in [7, 11) is 0. The van der Waals surface area contributed by atoms with E-state index in [1.165, 1.54) is 0 Å². The SMILES string of the molecule is CC(=O)N1CCC[C@@H](c2nc(-c3ccsc3)no2)C1. The predicted octanol–water partition coefficient (Wildman–Crippen LogP) is 2.52. The standard InChI is InChI=1S/C13H15N3O2S/c1-9(17)16-5-2-3-10(7-16)13-14-12(15-18-13)11-4-6-19-8-11/h4,6,8,10H,2-3,5,7H2,1H3/t10-/m1/s1. The summed E-state index contributed by atoms with van der Waals surface area (Å²) in [6.45, 7) is 3.12. The first kappa shape index (κ1) is 12.3. The zero-order valence-corrected chi connectivity index (χ0v) is 11.5. The van der Waals surface area contributed by atoms with Crippen LogP contribution in [0, 0.1) is 0 Å². The van der Waals surface area contributed by atoms with Gasteiger partial charge in [-0.25, -0.2) is 0 Å². The normalized spacial score (nSPS) is 19.6. The van der Waals surface area contributed by atoms with Crippen molar-refractivity contribution in [3.63, 3.8) is 0 Å². The highest BCUT2D eigenvalue weighted by molar-refractivity contribution is 7.08. The van der Waals surface area contributed by atoms with Gasteiger partial charge in [0.2, 0.25) is 17.6 Å². The van der Waals surface area contributed by atoms with Gasteiger partial charge in [0, 0.05) is 31.0 Å². The van der Waals surface area contributed by atoms with Gasteiger partial charge in [-0.15, -0.1) is 0 Å². The van der Waals surface area contributed by atoms with Crippen molar-refractivity contribution in [3.05, 3.63) is 22.7 Å². The minimum Gasteiger partial charge on any atom is -0.342 e. The quantitative estimate of drug-likeness (QED) is 0.846. The monoisotopic (exact) mass is 277 g/mol. The van der Waals surface area contributed by atoms with E-state index in [4.69, 9.17) is 4.52 Å². The van der Waals surface area contributed by atoms with E-state index in [-0.39, 0.29) is 11.8 Å². The van der Waals surface area contributed by atoms with Gasteiger partial charge in [0.1, 0.15) is 0 Å². The van der Waals surface area contributed by atoms with Gasteiger partial charge in [-0.05, 0) is 24.3 Å². The van der Waals surface area contributed by atoms with Crippen LogP contribution in [0.1, 0.15) is 31.6 Å². The molecule has 0 aliphatic carbocycles. The molecule has 1 fully saturated rings. The summed E-state index contributed by atoms with van der Waals surface area (Å²) in [5, 5.41) is 8.01. The molecule has 1 atom stereocenters. The van der Waals surface area contributed by atoms with E-state index in [0.29, 0.717) is 18.3 Å². The number of thiophene rings is 1. The fraction of sp³-hybridized carbons (Fsp3) is 0.462. The summed E-state index contributed by atoms with van der Waals surface area (Å²) in [6, 6.07) is 1.97. The summed E-state index contributed by atoms with van der Waals surface area (Å²) in [4.78, 5) is 17.7. The van der Waals surface area contributed by atoms with Crippen molar-refractivity contribution in [1.82, 2.24) is 15.0 Å². The van der Waals surface area contributed by atoms with Crippen molar-refractivity contribution in [3.8, 4) is 11.4 Å². The minimum absolute atomic E-state index is 0.113. The molecular weight excluding hydrogens is 262 g/mol. The highest BCUT2D eigenvalue weighted by atomic mass is 32.1. The fourth-order valence-corrected chi connectivity index (χ4v) is 3.01. The Morgan fingerprint density at radius 3 is 3.21 bits per heavy atom. The van der Waals surface area contributed by atoms with Crippen molar-refractivity contribution in [1.29, 1.82) is 0 Å². The Morgan fingerprint density at radius 1 is 1.58 bits per heavy atom. The molecular formula is C13H15N3O2S. The minimum atomic E-state index is 0.113. The van der Waals surface area contributed by atoms with Gasteiger partial charge in [-0.1, -0.05) is 5.16 Å². The number of aromatic nitrogens is 2. The number of carbonyl (C=O) groups excluding carboxylic acids is 1. The number of likely N-dealkylation sites (tertiary alicyclic amines) is 1. The molecule has 3 rings (SSSR count). The molecule has 2 aromatic rings. The van der Waals surface area contributed by atoms with Crippen LogP contribution < -0.4 is 0 Å². The topological polar surface area (TPSA) is 59.2 Å². The second-order valence-corrected chi connectivity index (χ2v) is 5.55. The number of hydrogen-bond acceptors (Lipinski definition) is 5.